The molecule has 1 amide bonds. The maximum absolute atomic E-state index is 14.0. The van der Waals surface area contributed by atoms with Crippen molar-refractivity contribution in [2.24, 2.45) is 5.92 Å². The molecule has 2 heterocycles. The van der Waals surface area contributed by atoms with Crippen LogP contribution in [0.1, 0.15) is 35.8 Å². The minimum atomic E-state index is -0.314. The number of aromatic nitrogens is 1. The predicted molar refractivity (Wildman–Crippen MR) is 94.8 cm³/mol. The minimum Gasteiger partial charge on any atom is -0.348 e. The van der Waals surface area contributed by atoms with E-state index in [1.54, 1.807) is 6.07 Å². The highest BCUT2D eigenvalue weighted by Crippen LogP contribution is 2.29. The van der Waals surface area contributed by atoms with Gasteiger partial charge in [-0.1, -0.05) is 25.5 Å². The molecule has 1 fully saturated rings. The number of likely N-dealkylation sites (tertiary alicyclic amines) is 1. The second-order valence-electron chi connectivity index (χ2n) is 7.08. The lowest BCUT2D eigenvalue weighted by molar-refractivity contribution is 0.0775. The molecule has 2 atom stereocenters. The lowest BCUT2D eigenvalue weighted by atomic mass is 9.98. The van der Waals surface area contributed by atoms with E-state index in [4.69, 9.17) is 0 Å². The summed E-state index contributed by atoms with van der Waals surface area (Å²) in [6.07, 6.45) is 2.24. The van der Waals surface area contributed by atoms with Crippen LogP contribution < -0.4 is 0 Å². The van der Waals surface area contributed by atoms with Crippen molar-refractivity contribution in [2.75, 3.05) is 27.2 Å². The molecule has 24 heavy (non-hydrogen) atoms. The van der Waals surface area contributed by atoms with Crippen molar-refractivity contribution in [1.82, 2.24) is 14.8 Å². The number of halogens is 1. The number of nitrogens with one attached hydrogen (secondary N) is 1. The van der Waals surface area contributed by atoms with Crippen LogP contribution in [0, 0.1) is 18.7 Å². The minimum absolute atomic E-state index is 0.0199. The average molecular weight is 331 g/mol. The second kappa shape index (κ2) is 6.55. The molecule has 0 aliphatic carbocycles. The maximum Gasteiger partial charge on any atom is 0.270 e. The van der Waals surface area contributed by atoms with Crippen LogP contribution in [0.15, 0.2) is 18.2 Å². The monoisotopic (exact) mass is 331 g/mol. The standard InChI is InChI=1S/C19H26FN3O/c1-5-7-13-10-23(11-16(13)22(3)4)19(24)17-12(2)14-8-6-9-15(20)18(14)21-17/h6,8-9,13,16,21H,5,7,10-11H2,1-4H3/t13-,16-/m1/s1. The largest absolute Gasteiger partial charge is 0.348 e. The van der Waals surface area contributed by atoms with E-state index in [9.17, 15) is 9.18 Å². The number of carbonyl (C=O) groups excluding carboxylic acids is 1. The Morgan fingerprint density at radius 3 is 2.75 bits per heavy atom. The lowest BCUT2D eigenvalue weighted by Crippen LogP contribution is -2.36. The van der Waals surface area contributed by atoms with Gasteiger partial charge >= 0.3 is 0 Å². The number of benzene rings is 1. The first-order valence-electron chi connectivity index (χ1n) is 8.66. The highest BCUT2D eigenvalue weighted by molar-refractivity contribution is 6.01. The third-order valence-corrected chi connectivity index (χ3v) is 5.27. The molecule has 4 nitrogen and oxygen atoms in total. The predicted octanol–water partition coefficient (Wildman–Crippen LogP) is 3.42. The number of H-pyrrole nitrogens is 1. The van der Waals surface area contributed by atoms with Gasteiger partial charge < -0.3 is 14.8 Å². The number of amides is 1. The third kappa shape index (κ3) is 2.81. The van der Waals surface area contributed by atoms with E-state index >= 15 is 0 Å². The first-order chi connectivity index (χ1) is 11.4. The topological polar surface area (TPSA) is 39.3 Å². The van der Waals surface area contributed by atoms with E-state index < -0.39 is 0 Å². The zero-order chi connectivity index (χ0) is 17.4. The van der Waals surface area contributed by atoms with Crippen LogP contribution in [-0.2, 0) is 0 Å². The van der Waals surface area contributed by atoms with E-state index in [2.05, 4.69) is 30.9 Å². The Kier molecular flexibility index (Phi) is 4.63. The summed E-state index contributed by atoms with van der Waals surface area (Å²) < 4.78 is 14.0. The van der Waals surface area contributed by atoms with Gasteiger partial charge in [-0.15, -0.1) is 0 Å². The van der Waals surface area contributed by atoms with Gasteiger partial charge in [-0.2, -0.15) is 0 Å². The van der Waals surface area contributed by atoms with Crippen LogP contribution in [0.4, 0.5) is 4.39 Å². The van der Waals surface area contributed by atoms with Gasteiger partial charge in [0.05, 0.1) is 5.52 Å². The molecule has 1 saturated heterocycles. The van der Waals surface area contributed by atoms with Gasteiger partial charge in [0.2, 0.25) is 0 Å². The average Bonchev–Trinajstić information content (AvgIpc) is 3.11. The first-order valence-corrected chi connectivity index (χ1v) is 8.66. The summed E-state index contributed by atoms with van der Waals surface area (Å²) in [5, 5.41) is 0.784. The van der Waals surface area contributed by atoms with E-state index in [1.807, 2.05) is 17.9 Å². The van der Waals surface area contributed by atoms with Gasteiger partial charge in [0, 0.05) is 24.5 Å². The molecule has 1 aliphatic heterocycles. The van der Waals surface area contributed by atoms with Crippen molar-refractivity contribution in [3.63, 3.8) is 0 Å². The molecule has 0 radical (unpaired) electrons. The highest BCUT2D eigenvalue weighted by Gasteiger charge is 2.37. The van der Waals surface area contributed by atoms with Gasteiger partial charge in [0.25, 0.3) is 5.91 Å². The Bertz CT molecular complexity index is 752. The van der Waals surface area contributed by atoms with Gasteiger partial charge in [0.1, 0.15) is 11.5 Å². The summed E-state index contributed by atoms with van der Waals surface area (Å²) in [5.41, 5.74) is 1.77. The van der Waals surface area contributed by atoms with Crippen LogP contribution in [0.5, 0.6) is 0 Å². The zero-order valence-corrected chi connectivity index (χ0v) is 14.9. The smallest absolute Gasteiger partial charge is 0.270 e. The number of hydrogen-bond acceptors (Lipinski definition) is 2. The SMILES string of the molecule is CCC[C@@H]1CN(C(=O)c2[nH]c3c(F)cccc3c2C)C[C@H]1N(C)C. The van der Waals surface area contributed by atoms with Crippen molar-refractivity contribution >= 4 is 16.8 Å². The van der Waals surface area contributed by atoms with Crippen molar-refractivity contribution in [3.8, 4) is 0 Å². The fourth-order valence-corrected chi connectivity index (χ4v) is 3.95. The Labute approximate surface area is 142 Å². The molecular weight excluding hydrogens is 305 g/mol. The molecule has 2 aromatic rings. The molecule has 1 aliphatic rings. The van der Waals surface area contributed by atoms with E-state index in [1.165, 1.54) is 6.07 Å². The van der Waals surface area contributed by atoms with Crippen LogP contribution in [0.3, 0.4) is 0 Å². The van der Waals surface area contributed by atoms with E-state index in [0.29, 0.717) is 23.2 Å². The van der Waals surface area contributed by atoms with Crippen LogP contribution in [0.2, 0.25) is 0 Å². The zero-order valence-electron chi connectivity index (χ0n) is 14.9. The molecule has 1 aromatic carbocycles. The summed E-state index contributed by atoms with van der Waals surface area (Å²) in [4.78, 5) is 20.2. The lowest BCUT2D eigenvalue weighted by Gasteiger charge is -2.24. The number of aryl methyl sites for hydroxylation is 1. The molecule has 1 aromatic heterocycles. The number of aromatic amines is 1. The Balaban J connectivity index is 1.90. The first kappa shape index (κ1) is 17.0. The van der Waals surface area contributed by atoms with E-state index in [-0.39, 0.29) is 11.7 Å². The quantitative estimate of drug-likeness (QED) is 0.932. The van der Waals surface area contributed by atoms with Crippen molar-refractivity contribution < 1.29 is 9.18 Å². The number of fused-ring (bicyclic) bond motifs is 1. The molecule has 0 unspecified atom stereocenters. The van der Waals surface area contributed by atoms with Crippen molar-refractivity contribution in [2.45, 2.75) is 32.7 Å². The third-order valence-electron chi connectivity index (χ3n) is 5.27. The fourth-order valence-electron chi connectivity index (χ4n) is 3.95. The summed E-state index contributed by atoms with van der Waals surface area (Å²) in [6, 6.07) is 5.34. The highest BCUT2D eigenvalue weighted by atomic mass is 19.1. The van der Waals surface area contributed by atoms with Gasteiger partial charge in [-0.05, 0) is 45.0 Å². The van der Waals surface area contributed by atoms with Crippen molar-refractivity contribution in [3.05, 3.63) is 35.3 Å². The summed E-state index contributed by atoms with van der Waals surface area (Å²) >= 11 is 0. The molecule has 5 heteroatoms. The van der Waals surface area contributed by atoms with E-state index in [0.717, 1.165) is 36.9 Å². The van der Waals surface area contributed by atoms with Crippen LogP contribution in [-0.4, -0.2) is 53.9 Å². The summed E-state index contributed by atoms with van der Waals surface area (Å²) in [5.74, 6) is 0.162. The fraction of sp³-hybridized carbons (Fsp3) is 0.526. The molecule has 3 rings (SSSR count). The number of hydrogen-bond donors (Lipinski definition) is 1. The Morgan fingerprint density at radius 1 is 1.38 bits per heavy atom. The van der Waals surface area contributed by atoms with Crippen LogP contribution >= 0.6 is 0 Å². The summed E-state index contributed by atoms with van der Waals surface area (Å²) in [6.45, 7) is 5.57. The van der Waals surface area contributed by atoms with Crippen LogP contribution in [0.25, 0.3) is 10.9 Å². The molecule has 0 spiro atoms. The number of carbonyl (C=O) groups is 1. The number of para-hydroxylation sites is 1. The molecule has 0 bridgehead atoms. The molecular formula is C19H26FN3O. The number of likely N-dealkylation sites (N-methyl/N-ethyl adjacent to an activating group) is 1. The normalized spacial score (nSPS) is 21.2. The molecule has 0 saturated carbocycles. The Hall–Kier alpha value is -1.88. The number of nitrogens with zero attached hydrogens (tertiary/aromatic N) is 2. The Morgan fingerprint density at radius 2 is 2.12 bits per heavy atom. The molecule has 1 N–H and O–H groups in total. The number of rotatable bonds is 4. The van der Waals surface area contributed by atoms with Gasteiger partial charge in [-0.3, -0.25) is 4.79 Å². The van der Waals surface area contributed by atoms with Gasteiger partial charge in [-0.25, -0.2) is 4.39 Å². The van der Waals surface area contributed by atoms with Crippen molar-refractivity contribution in [1.29, 1.82) is 0 Å². The molecule has 130 valence electrons. The van der Waals surface area contributed by atoms with Gasteiger partial charge in [0.15, 0.2) is 0 Å². The summed E-state index contributed by atoms with van der Waals surface area (Å²) in [7, 11) is 4.15. The second-order valence-corrected chi connectivity index (χ2v) is 7.08. The maximum atomic E-state index is 14.0.